The summed E-state index contributed by atoms with van der Waals surface area (Å²) < 4.78 is 18.4. The summed E-state index contributed by atoms with van der Waals surface area (Å²) in [5, 5.41) is 0. The quantitative estimate of drug-likeness (QED) is 0.556. The Kier molecular flexibility index (Phi) is 5.50. The van der Waals surface area contributed by atoms with Crippen LogP contribution in [0.5, 0.6) is 5.75 Å². The predicted molar refractivity (Wildman–Crippen MR) is 81.3 cm³/mol. The second-order valence-electron chi connectivity index (χ2n) is 4.88. The molecule has 0 aromatic heterocycles. The van der Waals surface area contributed by atoms with E-state index in [9.17, 15) is 9.18 Å². The van der Waals surface area contributed by atoms with E-state index < -0.39 is 0 Å². The SMILES string of the molecule is CCc1cccc(OCCCC(=O)c2ccc(F)cc2)c1. The Hall–Kier alpha value is -2.16. The highest BCUT2D eigenvalue weighted by Gasteiger charge is 2.05. The fraction of sp³-hybridized carbons (Fsp3) is 0.278. The fourth-order valence-corrected chi connectivity index (χ4v) is 2.06. The van der Waals surface area contributed by atoms with Gasteiger partial charge in [-0.05, 0) is 54.8 Å². The summed E-state index contributed by atoms with van der Waals surface area (Å²) in [6.07, 6.45) is 2.02. The van der Waals surface area contributed by atoms with Crippen LogP contribution >= 0.6 is 0 Å². The van der Waals surface area contributed by atoms with Gasteiger partial charge in [0.2, 0.25) is 0 Å². The second kappa shape index (κ2) is 7.58. The Balaban J connectivity index is 1.76. The number of rotatable bonds is 7. The summed E-state index contributed by atoms with van der Waals surface area (Å²) >= 11 is 0. The maximum absolute atomic E-state index is 12.8. The molecule has 0 fully saturated rings. The third kappa shape index (κ3) is 4.71. The van der Waals surface area contributed by atoms with Gasteiger partial charge in [0.25, 0.3) is 0 Å². The Morgan fingerprint density at radius 1 is 1.14 bits per heavy atom. The number of carbonyl (C=O) groups excluding carboxylic acids is 1. The zero-order valence-corrected chi connectivity index (χ0v) is 12.1. The summed E-state index contributed by atoms with van der Waals surface area (Å²) in [5.74, 6) is 0.523. The molecule has 2 aromatic rings. The summed E-state index contributed by atoms with van der Waals surface area (Å²) in [6, 6.07) is 13.6. The normalized spacial score (nSPS) is 10.4. The van der Waals surface area contributed by atoms with E-state index in [-0.39, 0.29) is 11.6 Å². The topological polar surface area (TPSA) is 26.3 Å². The van der Waals surface area contributed by atoms with E-state index >= 15 is 0 Å². The van der Waals surface area contributed by atoms with E-state index in [1.165, 1.54) is 29.8 Å². The van der Waals surface area contributed by atoms with Gasteiger partial charge in [-0.25, -0.2) is 4.39 Å². The minimum Gasteiger partial charge on any atom is -0.494 e. The van der Waals surface area contributed by atoms with E-state index in [1.807, 2.05) is 18.2 Å². The van der Waals surface area contributed by atoms with E-state index in [0.29, 0.717) is 25.0 Å². The van der Waals surface area contributed by atoms with Gasteiger partial charge in [0.15, 0.2) is 5.78 Å². The molecular weight excluding hydrogens is 267 g/mol. The van der Waals surface area contributed by atoms with Gasteiger partial charge in [0.1, 0.15) is 11.6 Å². The van der Waals surface area contributed by atoms with Crippen molar-refractivity contribution < 1.29 is 13.9 Å². The van der Waals surface area contributed by atoms with Crippen molar-refractivity contribution in [2.75, 3.05) is 6.61 Å². The van der Waals surface area contributed by atoms with Crippen molar-refractivity contribution >= 4 is 5.78 Å². The van der Waals surface area contributed by atoms with Gasteiger partial charge in [-0.3, -0.25) is 4.79 Å². The molecule has 110 valence electrons. The molecule has 0 saturated heterocycles. The van der Waals surface area contributed by atoms with Gasteiger partial charge in [0.05, 0.1) is 6.61 Å². The third-order valence-electron chi connectivity index (χ3n) is 3.29. The molecule has 0 radical (unpaired) electrons. The number of hydrogen-bond donors (Lipinski definition) is 0. The fourth-order valence-electron chi connectivity index (χ4n) is 2.06. The standard InChI is InChI=1S/C18H19FO2/c1-2-14-5-3-6-17(13-14)21-12-4-7-18(20)15-8-10-16(19)11-9-15/h3,5-6,8-11,13H,2,4,7,12H2,1H3. The van der Waals surface area contributed by atoms with Crippen molar-refractivity contribution in [2.24, 2.45) is 0 Å². The summed E-state index contributed by atoms with van der Waals surface area (Å²) in [6.45, 7) is 2.60. The van der Waals surface area contributed by atoms with Crippen LogP contribution in [0.1, 0.15) is 35.7 Å². The van der Waals surface area contributed by atoms with Crippen molar-refractivity contribution in [1.29, 1.82) is 0 Å². The molecule has 3 heteroatoms. The van der Waals surface area contributed by atoms with Gasteiger partial charge in [-0.15, -0.1) is 0 Å². The number of hydrogen-bond acceptors (Lipinski definition) is 2. The Labute approximate surface area is 124 Å². The van der Waals surface area contributed by atoms with Crippen molar-refractivity contribution in [3.63, 3.8) is 0 Å². The molecule has 0 bridgehead atoms. The first-order valence-corrected chi connectivity index (χ1v) is 7.19. The number of aryl methyl sites for hydroxylation is 1. The van der Waals surface area contributed by atoms with Gasteiger partial charge >= 0.3 is 0 Å². The van der Waals surface area contributed by atoms with Crippen LogP contribution in [-0.4, -0.2) is 12.4 Å². The van der Waals surface area contributed by atoms with E-state index in [2.05, 4.69) is 13.0 Å². The molecule has 0 unspecified atom stereocenters. The van der Waals surface area contributed by atoms with Crippen molar-refractivity contribution in [1.82, 2.24) is 0 Å². The lowest BCUT2D eigenvalue weighted by Crippen LogP contribution is -2.04. The van der Waals surface area contributed by atoms with Gasteiger partial charge < -0.3 is 4.74 Å². The zero-order chi connectivity index (χ0) is 15.1. The van der Waals surface area contributed by atoms with Gasteiger partial charge in [0, 0.05) is 12.0 Å². The Bertz CT molecular complexity index is 590. The third-order valence-corrected chi connectivity index (χ3v) is 3.29. The van der Waals surface area contributed by atoms with Crippen LogP contribution in [0, 0.1) is 5.82 Å². The van der Waals surface area contributed by atoms with E-state index in [1.54, 1.807) is 0 Å². The molecule has 0 aliphatic heterocycles. The largest absolute Gasteiger partial charge is 0.494 e. The average molecular weight is 286 g/mol. The van der Waals surface area contributed by atoms with Crippen LogP contribution in [0.4, 0.5) is 4.39 Å². The molecule has 21 heavy (non-hydrogen) atoms. The first kappa shape index (κ1) is 15.2. The van der Waals surface area contributed by atoms with Crippen LogP contribution in [0.15, 0.2) is 48.5 Å². The second-order valence-corrected chi connectivity index (χ2v) is 4.88. The molecule has 0 heterocycles. The number of benzene rings is 2. The molecule has 0 N–H and O–H groups in total. The monoisotopic (exact) mass is 286 g/mol. The minimum absolute atomic E-state index is 0.0147. The lowest BCUT2D eigenvalue weighted by Gasteiger charge is -2.07. The molecule has 0 aliphatic carbocycles. The van der Waals surface area contributed by atoms with Crippen LogP contribution in [0.3, 0.4) is 0 Å². The number of carbonyl (C=O) groups is 1. The van der Waals surface area contributed by atoms with Crippen molar-refractivity contribution in [3.05, 3.63) is 65.5 Å². The van der Waals surface area contributed by atoms with Crippen molar-refractivity contribution in [3.8, 4) is 5.75 Å². The van der Waals surface area contributed by atoms with Crippen LogP contribution in [0.25, 0.3) is 0 Å². The minimum atomic E-state index is -0.328. The molecule has 0 aliphatic rings. The summed E-state index contributed by atoms with van der Waals surface area (Å²) in [7, 11) is 0. The zero-order valence-electron chi connectivity index (χ0n) is 12.1. The van der Waals surface area contributed by atoms with Crippen LogP contribution in [0.2, 0.25) is 0 Å². The molecule has 2 nitrogen and oxygen atoms in total. The maximum atomic E-state index is 12.8. The Morgan fingerprint density at radius 2 is 1.90 bits per heavy atom. The van der Waals surface area contributed by atoms with E-state index in [0.717, 1.165) is 12.2 Å². The number of Topliss-reactive ketones (excluding diaryl/α,β-unsaturated/α-hetero) is 1. The van der Waals surface area contributed by atoms with Gasteiger partial charge in [-0.2, -0.15) is 0 Å². The predicted octanol–water partition coefficient (Wildman–Crippen LogP) is 4.43. The Morgan fingerprint density at radius 3 is 2.62 bits per heavy atom. The average Bonchev–Trinajstić information content (AvgIpc) is 2.52. The number of ether oxygens (including phenoxy) is 1. The highest BCUT2D eigenvalue weighted by atomic mass is 19.1. The first-order chi connectivity index (χ1) is 10.2. The summed E-state index contributed by atoms with van der Waals surface area (Å²) in [4.78, 5) is 11.9. The summed E-state index contributed by atoms with van der Waals surface area (Å²) in [5.41, 5.74) is 1.78. The molecule has 0 atom stereocenters. The molecule has 2 rings (SSSR count). The molecule has 2 aromatic carbocycles. The first-order valence-electron chi connectivity index (χ1n) is 7.19. The van der Waals surface area contributed by atoms with Crippen LogP contribution in [-0.2, 0) is 6.42 Å². The smallest absolute Gasteiger partial charge is 0.163 e. The van der Waals surface area contributed by atoms with E-state index in [4.69, 9.17) is 4.74 Å². The molecule has 0 spiro atoms. The number of halogens is 1. The maximum Gasteiger partial charge on any atom is 0.163 e. The lowest BCUT2D eigenvalue weighted by atomic mass is 10.1. The van der Waals surface area contributed by atoms with Gasteiger partial charge in [-0.1, -0.05) is 19.1 Å². The highest BCUT2D eigenvalue weighted by molar-refractivity contribution is 5.95. The van der Waals surface area contributed by atoms with Crippen LogP contribution < -0.4 is 4.74 Å². The highest BCUT2D eigenvalue weighted by Crippen LogP contribution is 2.14. The van der Waals surface area contributed by atoms with Crippen molar-refractivity contribution in [2.45, 2.75) is 26.2 Å². The molecule has 0 amide bonds. The molecular formula is C18H19FO2. The molecule has 0 saturated carbocycles. The number of ketones is 1. The lowest BCUT2D eigenvalue weighted by molar-refractivity contribution is 0.0973.